The van der Waals surface area contributed by atoms with E-state index in [2.05, 4.69) is 41.4 Å². The molecule has 0 aliphatic rings. The number of imidazole rings is 1. The summed E-state index contributed by atoms with van der Waals surface area (Å²) in [6.45, 7) is 5.41. The van der Waals surface area contributed by atoms with Crippen molar-refractivity contribution < 1.29 is 9.26 Å². The molecular formula is C21H22N4O2. The predicted octanol–water partition coefficient (Wildman–Crippen LogP) is 4.13. The Morgan fingerprint density at radius 2 is 2.00 bits per heavy atom. The maximum atomic E-state index is 5.44. The first-order valence-corrected chi connectivity index (χ1v) is 8.89. The minimum atomic E-state index is 0.575. The van der Waals surface area contributed by atoms with Gasteiger partial charge in [0.05, 0.1) is 31.2 Å². The summed E-state index contributed by atoms with van der Waals surface area (Å²) in [5.74, 6) is 2.48. The summed E-state index contributed by atoms with van der Waals surface area (Å²) < 4.78 is 10.7. The second kappa shape index (κ2) is 7.25. The molecule has 0 atom stereocenters. The third-order valence-electron chi connectivity index (χ3n) is 4.74. The first kappa shape index (κ1) is 17.3. The van der Waals surface area contributed by atoms with E-state index in [4.69, 9.17) is 14.2 Å². The number of aromatic amines is 1. The molecule has 4 aromatic rings. The summed E-state index contributed by atoms with van der Waals surface area (Å²) in [6.07, 6.45) is 0. The number of aromatic nitrogens is 3. The third kappa shape index (κ3) is 3.57. The van der Waals surface area contributed by atoms with Crippen molar-refractivity contribution in [3.05, 3.63) is 65.2 Å². The topological polar surface area (TPSA) is 76.0 Å². The van der Waals surface area contributed by atoms with Gasteiger partial charge in [-0.2, -0.15) is 0 Å². The molecule has 0 fully saturated rings. The van der Waals surface area contributed by atoms with Crippen molar-refractivity contribution in [1.29, 1.82) is 0 Å². The van der Waals surface area contributed by atoms with Gasteiger partial charge < -0.3 is 19.6 Å². The highest BCUT2D eigenvalue weighted by Gasteiger charge is 2.09. The van der Waals surface area contributed by atoms with Gasteiger partial charge in [-0.3, -0.25) is 0 Å². The Labute approximate surface area is 157 Å². The van der Waals surface area contributed by atoms with Crippen LogP contribution in [-0.2, 0) is 13.1 Å². The number of nitrogens with zero attached hydrogens (tertiary/aromatic N) is 2. The first-order chi connectivity index (χ1) is 13.1. The van der Waals surface area contributed by atoms with Crippen molar-refractivity contribution in [2.45, 2.75) is 26.9 Å². The fourth-order valence-corrected chi connectivity index (χ4v) is 3.07. The first-order valence-electron chi connectivity index (χ1n) is 8.89. The molecule has 0 saturated heterocycles. The van der Waals surface area contributed by atoms with E-state index in [0.29, 0.717) is 13.1 Å². The lowest BCUT2D eigenvalue weighted by Gasteiger charge is -2.00. The number of H-pyrrole nitrogens is 1. The van der Waals surface area contributed by atoms with E-state index in [9.17, 15) is 0 Å². The number of methoxy groups -OCH3 is 1. The molecule has 0 aliphatic carbocycles. The molecule has 2 heterocycles. The molecule has 27 heavy (non-hydrogen) atoms. The molecule has 0 unspecified atom stereocenters. The van der Waals surface area contributed by atoms with Gasteiger partial charge in [-0.15, -0.1) is 0 Å². The van der Waals surface area contributed by atoms with Crippen molar-refractivity contribution in [2.75, 3.05) is 7.11 Å². The number of benzene rings is 2. The number of nitrogens with one attached hydrogen (secondary N) is 2. The lowest BCUT2D eigenvalue weighted by Crippen LogP contribution is -2.13. The van der Waals surface area contributed by atoms with Crippen LogP contribution in [0.15, 0.2) is 47.0 Å². The van der Waals surface area contributed by atoms with E-state index in [-0.39, 0.29) is 0 Å². The van der Waals surface area contributed by atoms with Crippen LogP contribution in [0, 0.1) is 13.8 Å². The van der Waals surface area contributed by atoms with Crippen molar-refractivity contribution in [2.24, 2.45) is 0 Å². The second-order valence-electron chi connectivity index (χ2n) is 6.60. The van der Waals surface area contributed by atoms with Gasteiger partial charge in [0.1, 0.15) is 17.3 Å². The van der Waals surface area contributed by atoms with Crippen LogP contribution in [0.4, 0.5) is 0 Å². The molecule has 6 nitrogen and oxygen atoms in total. The molecule has 0 bridgehead atoms. The predicted molar refractivity (Wildman–Crippen MR) is 105 cm³/mol. The molecule has 0 saturated carbocycles. The smallest absolute Gasteiger partial charge is 0.151 e. The zero-order chi connectivity index (χ0) is 18.8. The number of rotatable bonds is 6. The molecule has 0 spiro atoms. The standard InChI is InChI=1S/C21H22N4O2/c1-13-7-8-18-21(14(13)2)24-20(23-18)12-22-11-17-10-19(25-27-17)15-5-4-6-16(9-15)26-3/h4-10,22H,11-12H2,1-3H3,(H,23,24). The molecule has 0 aliphatic heterocycles. The van der Waals surface area contributed by atoms with Gasteiger partial charge in [0.15, 0.2) is 5.76 Å². The number of hydrogen-bond acceptors (Lipinski definition) is 5. The maximum Gasteiger partial charge on any atom is 0.151 e. The van der Waals surface area contributed by atoms with E-state index in [1.54, 1.807) is 7.11 Å². The average molecular weight is 362 g/mol. The van der Waals surface area contributed by atoms with Gasteiger partial charge in [-0.1, -0.05) is 23.4 Å². The Morgan fingerprint density at radius 3 is 2.85 bits per heavy atom. The largest absolute Gasteiger partial charge is 0.497 e. The Morgan fingerprint density at radius 1 is 1.11 bits per heavy atom. The highest BCUT2D eigenvalue weighted by molar-refractivity contribution is 5.79. The molecule has 0 radical (unpaired) electrons. The minimum Gasteiger partial charge on any atom is -0.497 e. The molecule has 4 rings (SSSR count). The van der Waals surface area contributed by atoms with E-state index >= 15 is 0 Å². The molecule has 2 aromatic heterocycles. The van der Waals surface area contributed by atoms with Crippen molar-refractivity contribution >= 4 is 11.0 Å². The van der Waals surface area contributed by atoms with Crippen LogP contribution in [0.2, 0.25) is 0 Å². The van der Waals surface area contributed by atoms with E-state index in [1.807, 2.05) is 30.3 Å². The highest BCUT2D eigenvalue weighted by atomic mass is 16.5. The summed E-state index contributed by atoms with van der Waals surface area (Å²) in [6, 6.07) is 13.9. The van der Waals surface area contributed by atoms with Crippen molar-refractivity contribution in [3.63, 3.8) is 0 Å². The van der Waals surface area contributed by atoms with Crippen LogP contribution in [0.3, 0.4) is 0 Å². The van der Waals surface area contributed by atoms with Gasteiger partial charge in [0.25, 0.3) is 0 Å². The zero-order valence-electron chi connectivity index (χ0n) is 15.7. The molecule has 6 heteroatoms. The Kier molecular flexibility index (Phi) is 4.64. The van der Waals surface area contributed by atoms with Crippen LogP contribution < -0.4 is 10.1 Å². The fraction of sp³-hybridized carbons (Fsp3) is 0.238. The van der Waals surface area contributed by atoms with E-state index < -0.39 is 0 Å². The quantitative estimate of drug-likeness (QED) is 0.539. The number of hydrogen-bond donors (Lipinski definition) is 2. The highest BCUT2D eigenvalue weighted by Crippen LogP contribution is 2.23. The minimum absolute atomic E-state index is 0.575. The van der Waals surface area contributed by atoms with Crippen LogP contribution in [0.25, 0.3) is 22.3 Å². The lowest BCUT2D eigenvalue weighted by atomic mass is 10.1. The number of ether oxygens (including phenoxy) is 1. The van der Waals surface area contributed by atoms with Gasteiger partial charge in [0, 0.05) is 11.6 Å². The Hall–Kier alpha value is -3.12. The zero-order valence-corrected chi connectivity index (χ0v) is 15.7. The molecule has 0 amide bonds. The molecule has 2 N–H and O–H groups in total. The summed E-state index contributed by atoms with van der Waals surface area (Å²) in [4.78, 5) is 8.06. The molecular weight excluding hydrogens is 340 g/mol. The summed E-state index contributed by atoms with van der Waals surface area (Å²) >= 11 is 0. The van der Waals surface area contributed by atoms with Gasteiger partial charge in [-0.05, 0) is 43.2 Å². The van der Waals surface area contributed by atoms with Gasteiger partial charge >= 0.3 is 0 Å². The fourth-order valence-electron chi connectivity index (χ4n) is 3.07. The van der Waals surface area contributed by atoms with Gasteiger partial charge in [-0.25, -0.2) is 4.98 Å². The summed E-state index contributed by atoms with van der Waals surface area (Å²) in [5.41, 5.74) is 6.32. The average Bonchev–Trinajstić information content (AvgIpc) is 3.32. The third-order valence-corrected chi connectivity index (χ3v) is 4.74. The van der Waals surface area contributed by atoms with Crippen LogP contribution in [0.5, 0.6) is 5.75 Å². The van der Waals surface area contributed by atoms with Crippen molar-refractivity contribution in [1.82, 2.24) is 20.4 Å². The summed E-state index contributed by atoms with van der Waals surface area (Å²) in [5, 5.41) is 7.50. The second-order valence-corrected chi connectivity index (χ2v) is 6.60. The van der Waals surface area contributed by atoms with Gasteiger partial charge in [0.2, 0.25) is 0 Å². The SMILES string of the molecule is COc1cccc(-c2cc(CNCc3nc4c(C)c(C)ccc4[nH]3)on2)c1. The van der Waals surface area contributed by atoms with E-state index in [0.717, 1.165) is 39.6 Å². The van der Waals surface area contributed by atoms with Crippen LogP contribution >= 0.6 is 0 Å². The van der Waals surface area contributed by atoms with Crippen molar-refractivity contribution in [3.8, 4) is 17.0 Å². The lowest BCUT2D eigenvalue weighted by molar-refractivity contribution is 0.374. The Bertz CT molecular complexity index is 1080. The normalized spacial score (nSPS) is 11.2. The van der Waals surface area contributed by atoms with Crippen LogP contribution in [-0.4, -0.2) is 22.2 Å². The summed E-state index contributed by atoms with van der Waals surface area (Å²) in [7, 11) is 1.65. The van der Waals surface area contributed by atoms with Crippen LogP contribution in [0.1, 0.15) is 22.7 Å². The molecule has 138 valence electrons. The van der Waals surface area contributed by atoms with E-state index in [1.165, 1.54) is 11.1 Å². The maximum absolute atomic E-state index is 5.44. The number of aryl methyl sites for hydroxylation is 2. The number of fused-ring (bicyclic) bond motifs is 1. The molecule has 2 aromatic carbocycles. The monoisotopic (exact) mass is 362 g/mol. The Balaban J connectivity index is 1.41.